The minimum Gasteiger partial charge on any atom is -0.492 e. The third-order valence-corrected chi connectivity index (χ3v) is 4.87. The van der Waals surface area contributed by atoms with Crippen molar-refractivity contribution in [2.75, 3.05) is 30.3 Å². The van der Waals surface area contributed by atoms with E-state index in [0.717, 1.165) is 24.2 Å². The van der Waals surface area contributed by atoms with Gasteiger partial charge in [0.05, 0.1) is 13.1 Å². The lowest BCUT2D eigenvalue weighted by molar-refractivity contribution is 0.323. The average molecular weight is 409 g/mol. The van der Waals surface area contributed by atoms with Crippen molar-refractivity contribution in [3.63, 3.8) is 0 Å². The van der Waals surface area contributed by atoms with Gasteiger partial charge in [-0.1, -0.05) is 61.9 Å². The van der Waals surface area contributed by atoms with E-state index >= 15 is 0 Å². The number of benzene rings is 2. The highest BCUT2D eigenvalue weighted by Crippen LogP contribution is 2.18. The number of nitrogen functional groups attached to an aromatic ring is 1. The van der Waals surface area contributed by atoms with Gasteiger partial charge in [0.1, 0.15) is 23.9 Å². The summed E-state index contributed by atoms with van der Waals surface area (Å²) in [6.07, 6.45) is 1.86. The minimum atomic E-state index is -0.513. The topological polar surface area (TPSA) is 93.3 Å². The number of unbranched alkanes of at least 4 members (excludes halogenated alkanes) is 1. The first-order chi connectivity index (χ1) is 14.6. The Balaban J connectivity index is 1.86. The van der Waals surface area contributed by atoms with Crippen molar-refractivity contribution in [3.05, 3.63) is 87.1 Å². The quantitative estimate of drug-likeness (QED) is 0.538. The van der Waals surface area contributed by atoms with E-state index in [2.05, 4.69) is 11.9 Å². The number of nitrogens with two attached hydrogens (primary N) is 1. The Morgan fingerprint density at radius 1 is 1.00 bits per heavy atom. The molecule has 2 aromatic carbocycles. The van der Waals surface area contributed by atoms with Gasteiger partial charge >= 0.3 is 5.69 Å². The molecule has 0 bridgehead atoms. The van der Waals surface area contributed by atoms with Gasteiger partial charge in [0.15, 0.2) is 0 Å². The molecule has 30 heavy (non-hydrogen) atoms. The molecule has 0 amide bonds. The van der Waals surface area contributed by atoms with Gasteiger partial charge in [0.2, 0.25) is 0 Å². The summed E-state index contributed by atoms with van der Waals surface area (Å²) < 4.78 is 7.21. The predicted molar refractivity (Wildman–Crippen MR) is 120 cm³/mol. The molecule has 3 N–H and O–H groups in total. The lowest BCUT2D eigenvalue weighted by Gasteiger charge is -2.26. The van der Waals surface area contributed by atoms with Crippen LogP contribution in [0.15, 0.2) is 70.3 Å². The summed E-state index contributed by atoms with van der Waals surface area (Å²) in [7, 11) is 0. The highest BCUT2D eigenvalue weighted by Gasteiger charge is 2.19. The zero-order valence-electron chi connectivity index (χ0n) is 17.2. The number of nitrogens with zero attached hydrogens (tertiary/aromatic N) is 2. The second-order valence-corrected chi connectivity index (χ2v) is 7.07. The first-order valence-electron chi connectivity index (χ1n) is 10.2. The van der Waals surface area contributed by atoms with Crippen molar-refractivity contribution in [3.8, 4) is 5.75 Å². The maximum Gasteiger partial charge on any atom is 0.330 e. The van der Waals surface area contributed by atoms with Gasteiger partial charge in [-0.25, -0.2) is 4.79 Å². The summed E-state index contributed by atoms with van der Waals surface area (Å²) in [5, 5.41) is 0. The van der Waals surface area contributed by atoms with Gasteiger partial charge < -0.3 is 15.4 Å². The van der Waals surface area contributed by atoms with Crippen molar-refractivity contribution in [1.29, 1.82) is 0 Å². The first kappa shape index (κ1) is 21.2. The third-order valence-electron chi connectivity index (χ3n) is 4.87. The van der Waals surface area contributed by atoms with Crippen LogP contribution in [0.25, 0.3) is 0 Å². The van der Waals surface area contributed by atoms with E-state index in [9.17, 15) is 9.59 Å². The molecule has 0 saturated carbocycles. The van der Waals surface area contributed by atoms with Crippen LogP contribution in [0.5, 0.6) is 5.75 Å². The van der Waals surface area contributed by atoms with Crippen molar-refractivity contribution in [2.24, 2.45) is 0 Å². The number of ether oxygens (including phenoxy) is 1. The average Bonchev–Trinajstić information content (AvgIpc) is 2.76. The molecule has 0 atom stereocenters. The van der Waals surface area contributed by atoms with E-state index in [1.807, 2.05) is 65.6 Å². The Labute approximate surface area is 175 Å². The van der Waals surface area contributed by atoms with Crippen molar-refractivity contribution in [2.45, 2.75) is 26.3 Å². The highest BCUT2D eigenvalue weighted by molar-refractivity contribution is 5.62. The Hall–Kier alpha value is -3.48. The smallest absolute Gasteiger partial charge is 0.330 e. The van der Waals surface area contributed by atoms with Gasteiger partial charge in [0, 0.05) is 6.54 Å². The molecule has 3 rings (SSSR count). The molecular weight excluding hydrogens is 380 g/mol. The number of rotatable bonds is 10. The van der Waals surface area contributed by atoms with Crippen LogP contribution in [-0.4, -0.2) is 29.2 Å². The molecule has 0 saturated heterocycles. The first-order valence-corrected chi connectivity index (χ1v) is 10.2. The summed E-state index contributed by atoms with van der Waals surface area (Å²) in [5.41, 5.74) is 6.60. The second-order valence-electron chi connectivity index (χ2n) is 7.07. The molecule has 0 aliphatic rings. The molecular formula is C23H28N4O3. The normalized spacial score (nSPS) is 10.7. The number of hydrogen-bond donors (Lipinski definition) is 2. The third kappa shape index (κ3) is 5.31. The van der Waals surface area contributed by atoms with Crippen LogP contribution in [0.4, 0.5) is 11.5 Å². The van der Waals surface area contributed by atoms with E-state index in [0.29, 0.717) is 25.4 Å². The molecule has 0 aliphatic carbocycles. The van der Waals surface area contributed by atoms with E-state index in [4.69, 9.17) is 10.5 Å². The molecule has 7 heteroatoms. The molecule has 1 heterocycles. The number of hydrogen-bond acceptors (Lipinski definition) is 5. The van der Waals surface area contributed by atoms with Gasteiger partial charge in [-0.3, -0.25) is 14.3 Å². The predicted octanol–water partition coefficient (Wildman–Crippen LogP) is 2.85. The lowest BCUT2D eigenvalue weighted by Crippen LogP contribution is -2.40. The minimum absolute atomic E-state index is 0.170. The molecule has 7 nitrogen and oxygen atoms in total. The van der Waals surface area contributed by atoms with Crippen LogP contribution in [-0.2, 0) is 6.54 Å². The van der Waals surface area contributed by atoms with E-state index in [-0.39, 0.29) is 12.4 Å². The van der Waals surface area contributed by atoms with E-state index in [1.165, 1.54) is 4.57 Å². The molecule has 0 unspecified atom stereocenters. The highest BCUT2D eigenvalue weighted by atomic mass is 16.5. The maximum atomic E-state index is 12.7. The Bertz CT molecular complexity index is 1050. The zero-order chi connectivity index (χ0) is 21.3. The number of H-pyrrole nitrogens is 1. The number of aromatic nitrogens is 2. The van der Waals surface area contributed by atoms with Crippen LogP contribution in [0.3, 0.4) is 0 Å². The Morgan fingerprint density at radius 2 is 1.67 bits per heavy atom. The van der Waals surface area contributed by atoms with Crippen molar-refractivity contribution >= 4 is 11.5 Å². The summed E-state index contributed by atoms with van der Waals surface area (Å²) in [5.74, 6) is 0.937. The Morgan fingerprint density at radius 3 is 2.33 bits per heavy atom. The van der Waals surface area contributed by atoms with Gasteiger partial charge in [0.25, 0.3) is 5.56 Å². The number of anilines is 2. The van der Waals surface area contributed by atoms with Crippen molar-refractivity contribution in [1.82, 2.24) is 9.55 Å². The van der Waals surface area contributed by atoms with Crippen LogP contribution in [0.1, 0.15) is 25.3 Å². The fraction of sp³-hybridized carbons (Fsp3) is 0.304. The van der Waals surface area contributed by atoms with Crippen molar-refractivity contribution < 1.29 is 4.74 Å². The maximum absolute atomic E-state index is 12.7. The molecule has 158 valence electrons. The Kier molecular flexibility index (Phi) is 7.32. The summed E-state index contributed by atoms with van der Waals surface area (Å²) >= 11 is 0. The van der Waals surface area contributed by atoms with Crippen LogP contribution in [0.2, 0.25) is 0 Å². The number of para-hydroxylation sites is 1. The van der Waals surface area contributed by atoms with E-state index < -0.39 is 11.2 Å². The zero-order valence-corrected chi connectivity index (χ0v) is 17.2. The number of nitrogens with one attached hydrogen (secondary N) is 1. The van der Waals surface area contributed by atoms with Gasteiger partial charge in [-0.05, 0) is 24.1 Å². The SMILES string of the molecule is CCCCN(CCOc1ccccc1)c1c(N)n(Cc2ccccc2)c(=O)[nH]c1=O. The molecule has 0 fully saturated rings. The summed E-state index contributed by atoms with van der Waals surface area (Å²) in [4.78, 5) is 29.4. The van der Waals surface area contributed by atoms with Gasteiger partial charge in [-0.15, -0.1) is 0 Å². The van der Waals surface area contributed by atoms with Crippen LogP contribution in [0, 0.1) is 0 Å². The fourth-order valence-corrected chi connectivity index (χ4v) is 3.28. The van der Waals surface area contributed by atoms with Crippen LogP contribution >= 0.6 is 0 Å². The largest absolute Gasteiger partial charge is 0.492 e. The van der Waals surface area contributed by atoms with Crippen LogP contribution < -0.4 is 26.6 Å². The fourth-order valence-electron chi connectivity index (χ4n) is 3.28. The molecule has 3 aromatic rings. The summed E-state index contributed by atoms with van der Waals surface area (Å²) in [6.45, 7) is 3.89. The monoisotopic (exact) mass is 408 g/mol. The molecule has 0 aliphatic heterocycles. The van der Waals surface area contributed by atoms with E-state index in [1.54, 1.807) is 0 Å². The lowest BCUT2D eigenvalue weighted by atomic mass is 10.2. The molecule has 1 aromatic heterocycles. The second kappa shape index (κ2) is 10.3. The standard InChI is InChI=1S/C23H28N4O3/c1-2-3-14-26(15-16-30-19-12-8-5-9-13-19)20-21(24)27(23(29)25-22(20)28)17-18-10-6-4-7-11-18/h4-13H,2-3,14-17,24H2,1H3,(H,25,28,29). The van der Waals surface area contributed by atoms with Gasteiger partial charge in [-0.2, -0.15) is 0 Å². The number of aromatic amines is 1. The summed E-state index contributed by atoms with van der Waals surface area (Å²) in [6, 6.07) is 19.1. The molecule has 0 radical (unpaired) electrons. The molecule has 0 spiro atoms.